The molecule has 0 saturated heterocycles. The third-order valence-electron chi connectivity index (χ3n) is 1.59. The van der Waals surface area contributed by atoms with E-state index in [-0.39, 0.29) is 11.9 Å². The molecule has 5 heteroatoms. The molecule has 1 aliphatic heterocycles. The molecule has 2 rings (SSSR count). The van der Waals surface area contributed by atoms with Crippen LogP contribution in [-0.4, -0.2) is 15.4 Å². The summed E-state index contributed by atoms with van der Waals surface area (Å²) >= 11 is 1.26. The molecule has 0 spiro atoms. The van der Waals surface area contributed by atoms with Gasteiger partial charge in [-0.05, 0) is 11.5 Å². The van der Waals surface area contributed by atoms with Gasteiger partial charge in [0.15, 0.2) is 5.78 Å². The number of carbonyl (C=O) groups excluding carboxylic acids is 1. The fourth-order valence-electron chi connectivity index (χ4n) is 0.995. The lowest BCUT2D eigenvalue weighted by Crippen LogP contribution is -2.11. The summed E-state index contributed by atoms with van der Waals surface area (Å²) in [6, 6.07) is 0. The second kappa shape index (κ2) is 3.02. The van der Waals surface area contributed by atoms with Crippen molar-refractivity contribution in [2.24, 2.45) is 0 Å². The van der Waals surface area contributed by atoms with Gasteiger partial charge in [-0.2, -0.15) is 0 Å². The Hall–Kier alpha value is -1.23. The van der Waals surface area contributed by atoms with Crippen molar-refractivity contribution < 1.29 is 9.53 Å². The van der Waals surface area contributed by atoms with E-state index in [0.717, 1.165) is 5.69 Å². The molecule has 12 heavy (non-hydrogen) atoms. The van der Waals surface area contributed by atoms with Gasteiger partial charge in [-0.25, -0.2) is 0 Å². The molecule has 4 nitrogen and oxygen atoms in total. The molecule has 0 bridgehead atoms. The van der Waals surface area contributed by atoms with Crippen molar-refractivity contribution in [3.05, 3.63) is 23.4 Å². The van der Waals surface area contributed by atoms with E-state index in [4.69, 9.17) is 4.74 Å². The molecular formula is C7H6N2O2S. The van der Waals surface area contributed by atoms with Gasteiger partial charge in [-0.1, -0.05) is 4.49 Å². The first kappa shape index (κ1) is 7.42. The fraction of sp³-hybridized carbons (Fsp3) is 0.286. The molecule has 0 fully saturated rings. The van der Waals surface area contributed by atoms with Gasteiger partial charge in [0.25, 0.3) is 0 Å². The van der Waals surface area contributed by atoms with E-state index in [1.807, 2.05) is 0 Å². The van der Waals surface area contributed by atoms with Gasteiger partial charge in [0, 0.05) is 11.5 Å². The highest BCUT2D eigenvalue weighted by Crippen LogP contribution is 2.23. The van der Waals surface area contributed by atoms with Crippen LogP contribution in [0, 0.1) is 0 Å². The van der Waals surface area contributed by atoms with Crippen LogP contribution in [0.4, 0.5) is 0 Å². The molecule has 1 aromatic heterocycles. The Kier molecular flexibility index (Phi) is 1.87. The molecule has 0 aromatic carbocycles. The van der Waals surface area contributed by atoms with E-state index in [2.05, 4.69) is 9.59 Å². The summed E-state index contributed by atoms with van der Waals surface area (Å²) in [5, 5.41) is 5.62. The van der Waals surface area contributed by atoms with Crippen molar-refractivity contribution in [3.8, 4) is 0 Å². The zero-order valence-electron chi connectivity index (χ0n) is 6.14. The Labute approximate surface area is 73.0 Å². The van der Waals surface area contributed by atoms with Gasteiger partial charge in [-0.3, -0.25) is 4.79 Å². The molecule has 0 N–H and O–H groups in total. The summed E-state index contributed by atoms with van der Waals surface area (Å²) < 4.78 is 8.89. The van der Waals surface area contributed by atoms with Crippen molar-refractivity contribution in [1.29, 1.82) is 0 Å². The Morgan fingerprint density at radius 1 is 1.67 bits per heavy atom. The summed E-state index contributed by atoms with van der Waals surface area (Å²) in [5.74, 6) is 0.0688. The number of ether oxygens (including phenoxy) is 1. The quantitative estimate of drug-likeness (QED) is 0.652. The molecule has 0 saturated carbocycles. The van der Waals surface area contributed by atoms with E-state index < -0.39 is 0 Å². The largest absolute Gasteiger partial charge is 0.491 e. The summed E-state index contributed by atoms with van der Waals surface area (Å²) in [6.45, 7) is 0. The number of carbonyl (C=O) groups is 1. The normalized spacial score (nSPS) is 22.3. The highest BCUT2D eigenvalue weighted by Gasteiger charge is 2.20. The van der Waals surface area contributed by atoms with E-state index in [1.54, 1.807) is 5.38 Å². The van der Waals surface area contributed by atoms with Crippen molar-refractivity contribution >= 4 is 17.3 Å². The number of nitrogens with zero attached hydrogens (tertiary/aromatic N) is 2. The van der Waals surface area contributed by atoms with Crippen LogP contribution < -0.4 is 0 Å². The highest BCUT2D eigenvalue weighted by atomic mass is 32.1. The predicted molar refractivity (Wildman–Crippen MR) is 42.5 cm³/mol. The minimum Gasteiger partial charge on any atom is -0.491 e. The number of hydrogen-bond acceptors (Lipinski definition) is 5. The van der Waals surface area contributed by atoms with Crippen LogP contribution in [0.3, 0.4) is 0 Å². The first-order chi connectivity index (χ1) is 5.86. The molecular weight excluding hydrogens is 176 g/mol. The molecule has 0 amide bonds. The first-order valence-corrected chi connectivity index (χ1v) is 4.32. The molecule has 1 unspecified atom stereocenters. The predicted octanol–water partition coefficient (Wildman–Crippen LogP) is 1.08. The molecule has 0 aliphatic carbocycles. The maximum atomic E-state index is 11.0. The lowest BCUT2D eigenvalue weighted by molar-refractivity contribution is -0.118. The maximum absolute atomic E-state index is 11.0. The summed E-state index contributed by atoms with van der Waals surface area (Å²) in [6.07, 6.45) is 2.97. The van der Waals surface area contributed by atoms with Gasteiger partial charge in [-0.15, -0.1) is 5.10 Å². The van der Waals surface area contributed by atoms with Gasteiger partial charge >= 0.3 is 0 Å². The van der Waals surface area contributed by atoms with E-state index in [0.29, 0.717) is 6.42 Å². The van der Waals surface area contributed by atoms with E-state index in [1.165, 1.54) is 23.9 Å². The van der Waals surface area contributed by atoms with Crippen LogP contribution in [0.2, 0.25) is 0 Å². The van der Waals surface area contributed by atoms with Crippen LogP contribution in [0.25, 0.3) is 0 Å². The van der Waals surface area contributed by atoms with Crippen molar-refractivity contribution in [3.63, 3.8) is 0 Å². The molecule has 1 aromatic rings. The van der Waals surface area contributed by atoms with Gasteiger partial charge in [0.2, 0.25) is 0 Å². The Morgan fingerprint density at radius 2 is 2.58 bits per heavy atom. The van der Waals surface area contributed by atoms with Crippen molar-refractivity contribution in [1.82, 2.24) is 9.59 Å². The molecule has 0 radical (unpaired) electrons. The molecule has 1 atom stereocenters. The zero-order chi connectivity index (χ0) is 8.39. The topological polar surface area (TPSA) is 52.1 Å². The summed E-state index contributed by atoms with van der Waals surface area (Å²) in [4.78, 5) is 11.0. The standard InChI is InChI=1S/C7H6N2O2S/c10-5-1-2-11-7(3-5)6-4-12-9-8-6/h1-2,4,7H,3H2. The van der Waals surface area contributed by atoms with Crippen molar-refractivity contribution in [2.75, 3.05) is 0 Å². The lowest BCUT2D eigenvalue weighted by Gasteiger charge is -2.15. The highest BCUT2D eigenvalue weighted by molar-refractivity contribution is 7.03. The van der Waals surface area contributed by atoms with Gasteiger partial charge in [0.1, 0.15) is 11.8 Å². The van der Waals surface area contributed by atoms with Crippen LogP contribution in [0.15, 0.2) is 17.7 Å². The average molecular weight is 182 g/mol. The van der Waals surface area contributed by atoms with Crippen LogP contribution >= 0.6 is 11.5 Å². The number of hydrogen-bond donors (Lipinski definition) is 0. The van der Waals surface area contributed by atoms with Crippen LogP contribution in [-0.2, 0) is 9.53 Å². The smallest absolute Gasteiger partial charge is 0.162 e. The van der Waals surface area contributed by atoms with Crippen LogP contribution in [0.5, 0.6) is 0 Å². The Balaban J connectivity index is 2.17. The van der Waals surface area contributed by atoms with Gasteiger partial charge < -0.3 is 4.74 Å². The fourth-order valence-corrected chi connectivity index (χ4v) is 1.49. The average Bonchev–Trinajstić information content (AvgIpc) is 2.56. The summed E-state index contributed by atoms with van der Waals surface area (Å²) in [7, 11) is 0. The maximum Gasteiger partial charge on any atom is 0.162 e. The van der Waals surface area contributed by atoms with E-state index >= 15 is 0 Å². The SMILES string of the molecule is O=C1C=COC(c2csnn2)C1. The lowest BCUT2D eigenvalue weighted by atomic mass is 10.1. The number of aromatic nitrogens is 2. The second-order valence-electron chi connectivity index (χ2n) is 2.43. The van der Waals surface area contributed by atoms with Crippen molar-refractivity contribution in [2.45, 2.75) is 12.5 Å². The number of allylic oxidation sites excluding steroid dienone is 1. The minimum atomic E-state index is -0.235. The number of rotatable bonds is 1. The zero-order valence-corrected chi connectivity index (χ0v) is 6.95. The Morgan fingerprint density at radius 3 is 3.25 bits per heavy atom. The van der Waals surface area contributed by atoms with Gasteiger partial charge in [0.05, 0.1) is 12.7 Å². The molecule has 2 heterocycles. The first-order valence-electron chi connectivity index (χ1n) is 3.48. The molecule has 1 aliphatic rings. The van der Waals surface area contributed by atoms with Crippen LogP contribution in [0.1, 0.15) is 18.2 Å². The summed E-state index contributed by atoms with van der Waals surface area (Å²) in [5.41, 5.74) is 0.734. The number of ketones is 1. The third kappa shape index (κ3) is 1.35. The monoisotopic (exact) mass is 182 g/mol. The third-order valence-corrected chi connectivity index (χ3v) is 2.11. The molecule has 62 valence electrons. The van der Waals surface area contributed by atoms with E-state index in [9.17, 15) is 4.79 Å². The second-order valence-corrected chi connectivity index (χ2v) is 3.04. The Bertz CT molecular complexity index is 307. The minimum absolute atomic E-state index is 0.0688.